The zero-order valence-corrected chi connectivity index (χ0v) is 28.6. The third kappa shape index (κ3) is 5.61. The second-order valence-corrected chi connectivity index (χ2v) is 12.0. The molecule has 0 saturated heterocycles. The Labute approximate surface area is 298 Å². The van der Waals surface area contributed by atoms with Crippen LogP contribution in [-0.2, 0) is 21.1 Å². The SMILES string of the molecule is C1=Cc2nc1c(-c1ccccc1)c1ccc([nH]1)c(-c1ccccc1)c1nc(c(-c3ccccc3)c3ccc([nH]3)c2-c2ccccc2)C=C1.[Pt+2]. The molecule has 2 N–H and O–H groups in total. The summed E-state index contributed by atoms with van der Waals surface area (Å²) in [7, 11) is 0. The van der Waals surface area contributed by atoms with Crippen LogP contribution < -0.4 is 0 Å². The van der Waals surface area contributed by atoms with Crippen molar-refractivity contribution < 1.29 is 21.1 Å². The molecule has 0 spiro atoms. The molecule has 5 heteroatoms. The van der Waals surface area contributed by atoms with Crippen molar-refractivity contribution in [2.45, 2.75) is 0 Å². The Morgan fingerprint density at radius 3 is 0.735 bits per heavy atom. The Morgan fingerprint density at radius 1 is 0.286 bits per heavy atom. The molecule has 0 radical (unpaired) electrons. The summed E-state index contributed by atoms with van der Waals surface area (Å²) in [5.41, 5.74) is 16.2. The van der Waals surface area contributed by atoms with Crippen LogP contribution in [0, 0.1) is 0 Å². The van der Waals surface area contributed by atoms with Crippen molar-refractivity contribution in [3.63, 3.8) is 0 Å². The quantitative estimate of drug-likeness (QED) is 0.186. The second-order valence-electron chi connectivity index (χ2n) is 12.0. The summed E-state index contributed by atoms with van der Waals surface area (Å²) in [6, 6.07) is 50.7. The summed E-state index contributed by atoms with van der Waals surface area (Å²) in [6.45, 7) is 0. The van der Waals surface area contributed by atoms with E-state index in [4.69, 9.17) is 9.97 Å². The van der Waals surface area contributed by atoms with Crippen LogP contribution in [0.4, 0.5) is 0 Å². The van der Waals surface area contributed by atoms with Crippen LogP contribution in [0.3, 0.4) is 0 Å². The fraction of sp³-hybridized carbons (Fsp3) is 0. The van der Waals surface area contributed by atoms with E-state index in [-0.39, 0.29) is 21.1 Å². The fourth-order valence-electron chi connectivity index (χ4n) is 6.84. The van der Waals surface area contributed by atoms with Gasteiger partial charge in [-0.2, -0.15) is 0 Å². The first kappa shape index (κ1) is 30.5. The number of benzene rings is 4. The van der Waals surface area contributed by atoms with Crippen molar-refractivity contribution in [2.75, 3.05) is 0 Å². The van der Waals surface area contributed by atoms with E-state index in [2.05, 4.69) is 156 Å². The second kappa shape index (κ2) is 13.0. The van der Waals surface area contributed by atoms with Crippen LogP contribution >= 0.6 is 0 Å². The van der Waals surface area contributed by atoms with Crippen molar-refractivity contribution in [1.82, 2.24) is 19.9 Å². The van der Waals surface area contributed by atoms with Gasteiger partial charge in [0, 0.05) is 44.3 Å². The van der Waals surface area contributed by atoms with Gasteiger partial charge in [-0.15, -0.1) is 0 Å². The van der Waals surface area contributed by atoms with Gasteiger partial charge in [-0.25, -0.2) is 9.97 Å². The first-order chi connectivity index (χ1) is 23.8. The van der Waals surface area contributed by atoms with Gasteiger partial charge in [0.2, 0.25) is 0 Å². The number of fused-ring (bicyclic) bond motifs is 8. The van der Waals surface area contributed by atoms with Gasteiger partial charge in [0.05, 0.1) is 22.8 Å². The van der Waals surface area contributed by atoms with E-state index in [0.29, 0.717) is 0 Å². The predicted molar refractivity (Wildman–Crippen MR) is 201 cm³/mol. The molecular weight excluding hydrogens is 780 g/mol. The number of rotatable bonds is 4. The van der Waals surface area contributed by atoms with E-state index < -0.39 is 0 Å². The molecule has 0 aliphatic carbocycles. The Morgan fingerprint density at radius 2 is 0.510 bits per heavy atom. The van der Waals surface area contributed by atoms with Gasteiger partial charge in [-0.1, -0.05) is 121 Å². The minimum Gasteiger partial charge on any atom is -0.354 e. The number of H-pyrrole nitrogens is 2. The molecule has 0 saturated carbocycles. The molecule has 3 aromatic heterocycles. The molecule has 0 unspecified atom stereocenters. The Bertz CT molecular complexity index is 2180. The van der Waals surface area contributed by atoms with E-state index in [0.717, 1.165) is 89.4 Å². The zero-order valence-electron chi connectivity index (χ0n) is 26.4. The van der Waals surface area contributed by atoms with Crippen molar-refractivity contribution in [3.8, 4) is 44.5 Å². The minimum atomic E-state index is 0. The van der Waals surface area contributed by atoms with Crippen LogP contribution in [0.1, 0.15) is 22.8 Å². The largest absolute Gasteiger partial charge is 2.00 e. The van der Waals surface area contributed by atoms with Gasteiger partial charge in [0.15, 0.2) is 0 Å². The predicted octanol–water partition coefficient (Wildman–Crippen LogP) is 11.3. The van der Waals surface area contributed by atoms with Gasteiger partial charge in [0.1, 0.15) is 0 Å². The van der Waals surface area contributed by atoms with E-state index >= 15 is 0 Å². The zero-order chi connectivity index (χ0) is 31.9. The molecule has 2 aliphatic rings. The summed E-state index contributed by atoms with van der Waals surface area (Å²) < 4.78 is 0. The van der Waals surface area contributed by atoms with Crippen LogP contribution in [0.2, 0.25) is 0 Å². The van der Waals surface area contributed by atoms with E-state index in [9.17, 15) is 0 Å². The van der Waals surface area contributed by atoms with Gasteiger partial charge >= 0.3 is 21.1 Å². The smallest absolute Gasteiger partial charge is 0.354 e. The number of nitrogens with zero attached hydrogens (tertiary/aromatic N) is 2. The molecule has 7 aromatic rings. The van der Waals surface area contributed by atoms with Crippen LogP contribution in [-0.4, -0.2) is 19.9 Å². The maximum atomic E-state index is 5.35. The molecule has 8 bridgehead atoms. The number of aromatic amines is 2. The maximum Gasteiger partial charge on any atom is 2.00 e. The van der Waals surface area contributed by atoms with Crippen molar-refractivity contribution in [3.05, 3.63) is 168 Å². The molecule has 0 atom stereocenters. The first-order valence-corrected chi connectivity index (χ1v) is 16.2. The summed E-state index contributed by atoms with van der Waals surface area (Å²) in [6.07, 6.45) is 8.54. The van der Waals surface area contributed by atoms with Gasteiger partial charge in [-0.3, -0.25) is 0 Å². The van der Waals surface area contributed by atoms with Crippen molar-refractivity contribution in [1.29, 1.82) is 0 Å². The summed E-state index contributed by atoms with van der Waals surface area (Å²) in [5.74, 6) is 0. The number of hydrogen-bond acceptors (Lipinski definition) is 2. The third-order valence-electron chi connectivity index (χ3n) is 9.00. The number of aromatic nitrogens is 4. The summed E-state index contributed by atoms with van der Waals surface area (Å²) >= 11 is 0. The normalized spacial score (nSPS) is 11.8. The Hall–Kier alpha value is -5.83. The number of hydrogen-bond donors (Lipinski definition) is 2. The van der Waals surface area contributed by atoms with E-state index in [1.165, 1.54) is 0 Å². The monoisotopic (exact) mass is 809 g/mol. The standard InChI is InChI=1S/C44H30N4.Pt/c1-5-13-29(14-6-1)41-33-21-23-35(45-33)42(30-15-7-2-8-16-30)37-25-27-39(47-37)44(32-19-11-4-12-20-32)40-28-26-38(48-40)43(31-17-9-3-10-18-31)36-24-22-34(41)46-36;/h1-28,45,48H;/q;+2. The third-order valence-corrected chi connectivity index (χ3v) is 9.00. The summed E-state index contributed by atoms with van der Waals surface area (Å²) in [4.78, 5) is 18.3. The molecule has 9 rings (SSSR count). The van der Waals surface area contributed by atoms with Crippen LogP contribution in [0.15, 0.2) is 146 Å². The fourth-order valence-corrected chi connectivity index (χ4v) is 6.84. The van der Waals surface area contributed by atoms with E-state index in [1.54, 1.807) is 0 Å². The van der Waals surface area contributed by atoms with Gasteiger partial charge in [-0.05, 0) is 70.8 Å². The molecule has 49 heavy (non-hydrogen) atoms. The molecule has 2 aliphatic heterocycles. The molecular formula is C44H30N4Pt+2. The van der Waals surface area contributed by atoms with Crippen LogP contribution in [0.25, 0.3) is 90.9 Å². The van der Waals surface area contributed by atoms with Crippen molar-refractivity contribution in [2.24, 2.45) is 0 Å². The number of nitrogens with one attached hydrogen (secondary N) is 2. The average molecular weight is 810 g/mol. The van der Waals surface area contributed by atoms with Gasteiger partial charge < -0.3 is 9.97 Å². The Balaban J connectivity index is 0.00000348. The van der Waals surface area contributed by atoms with Crippen molar-refractivity contribution >= 4 is 46.4 Å². The first-order valence-electron chi connectivity index (χ1n) is 16.2. The molecule has 234 valence electrons. The molecule has 4 aromatic carbocycles. The van der Waals surface area contributed by atoms with Crippen LogP contribution in [0.5, 0.6) is 0 Å². The molecule has 0 fully saturated rings. The topological polar surface area (TPSA) is 57.4 Å². The maximum absolute atomic E-state index is 5.35. The Kier molecular flexibility index (Phi) is 8.09. The average Bonchev–Trinajstić information content (AvgIpc) is 3.98. The molecule has 5 heterocycles. The summed E-state index contributed by atoms with van der Waals surface area (Å²) in [5, 5.41) is 0. The molecule has 0 amide bonds. The molecule has 4 nitrogen and oxygen atoms in total. The minimum absolute atomic E-state index is 0. The van der Waals surface area contributed by atoms with Gasteiger partial charge in [0.25, 0.3) is 0 Å². The van der Waals surface area contributed by atoms with E-state index in [1.807, 2.05) is 24.3 Å².